The van der Waals surface area contributed by atoms with Gasteiger partial charge >= 0.3 is 5.69 Å². The standard InChI is InChI=1S/C20H23N5O2S/c1-2-23-11-12-25(20(23)27)13-18(26)24-9-5-15(6-10-24)17-14-28-19(22-17)16-3-7-21-8-4-16/h3-4,7-8,11-12,14-15H,2,5-6,9-10,13H2,1H3. The number of amides is 1. The molecule has 28 heavy (non-hydrogen) atoms. The van der Waals surface area contributed by atoms with Crippen molar-refractivity contribution in [3.63, 3.8) is 0 Å². The number of aromatic nitrogens is 4. The number of carbonyl (C=O) groups excluding carboxylic acids is 1. The first-order valence-corrected chi connectivity index (χ1v) is 10.4. The number of rotatable bonds is 5. The third-order valence-electron chi connectivity index (χ3n) is 5.28. The van der Waals surface area contributed by atoms with Gasteiger partial charge in [0.25, 0.3) is 0 Å². The minimum absolute atomic E-state index is 0.00477. The van der Waals surface area contributed by atoms with E-state index >= 15 is 0 Å². The van der Waals surface area contributed by atoms with Crippen LogP contribution in [0.1, 0.15) is 31.4 Å². The van der Waals surface area contributed by atoms with Crippen molar-refractivity contribution in [1.29, 1.82) is 0 Å². The van der Waals surface area contributed by atoms with Crippen molar-refractivity contribution in [3.8, 4) is 10.6 Å². The highest BCUT2D eigenvalue weighted by Crippen LogP contribution is 2.32. The summed E-state index contributed by atoms with van der Waals surface area (Å²) in [7, 11) is 0. The van der Waals surface area contributed by atoms with E-state index in [0.29, 0.717) is 25.6 Å². The molecule has 1 fully saturated rings. The summed E-state index contributed by atoms with van der Waals surface area (Å²) in [5.74, 6) is 0.380. The molecule has 3 aromatic rings. The normalized spacial score (nSPS) is 15.1. The summed E-state index contributed by atoms with van der Waals surface area (Å²) >= 11 is 1.65. The predicted molar refractivity (Wildman–Crippen MR) is 108 cm³/mol. The molecule has 0 spiro atoms. The van der Waals surface area contributed by atoms with Crippen LogP contribution in [0.3, 0.4) is 0 Å². The largest absolute Gasteiger partial charge is 0.341 e. The SMILES string of the molecule is CCn1ccn(CC(=O)N2CCC(c3csc(-c4ccncc4)n3)CC2)c1=O. The van der Waals surface area contributed by atoms with Crippen LogP contribution in [0.15, 0.2) is 47.1 Å². The van der Waals surface area contributed by atoms with Gasteiger partial charge in [-0.15, -0.1) is 11.3 Å². The van der Waals surface area contributed by atoms with Gasteiger partial charge in [-0.1, -0.05) is 0 Å². The molecule has 1 aliphatic rings. The summed E-state index contributed by atoms with van der Waals surface area (Å²) < 4.78 is 3.08. The monoisotopic (exact) mass is 397 g/mol. The Morgan fingerprint density at radius 2 is 1.89 bits per heavy atom. The van der Waals surface area contributed by atoms with Gasteiger partial charge in [0.1, 0.15) is 11.6 Å². The fraction of sp³-hybridized carbons (Fsp3) is 0.400. The number of hydrogen-bond acceptors (Lipinski definition) is 5. The highest BCUT2D eigenvalue weighted by atomic mass is 32.1. The van der Waals surface area contributed by atoms with Crippen LogP contribution in [0.4, 0.5) is 0 Å². The van der Waals surface area contributed by atoms with Crippen molar-refractivity contribution in [3.05, 3.63) is 58.5 Å². The van der Waals surface area contributed by atoms with E-state index in [1.54, 1.807) is 40.7 Å². The lowest BCUT2D eigenvalue weighted by molar-refractivity contribution is -0.132. The second-order valence-electron chi connectivity index (χ2n) is 6.96. The van der Waals surface area contributed by atoms with Crippen LogP contribution in [0, 0.1) is 0 Å². The minimum atomic E-state index is -0.128. The highest BCUT2D eigenvalue weighted by molar-refractivity contribution is 7.13. The molecule has 0 unspecified atom stereocenters. The van der Waals surface area contributed by atoms with E-state index in [1.165, 1.54) is 4.57 Å². The lowest BCUT2D eigenvalue weighted by atomic mass is 9.94. The van der Waals surface area contributed by atoms with Crippen molar-refractivity contribution in [1.82, 2.24) is 24.0 Å². The maximum atomic E-state index is 12.6. The fourth-order valence-electron chi connectivity index (χ4n) is 3.59. The molecule has 8 heteroatoms. The smallest absolute Gasteiger partial charge is 0.328 e. The summed E-state index contributed by atoms with van der Waals surface area (Å²) in [5.41, 5.74) is 2.07. The van der Waals surface area contributed by atoms with Crippen LogP contribution in [-0.2, 0) is 17.9 Å². The van der Waals surface area contributed by atoms with Gasteiger partial charge < -0.3 is 4.90 Å². The van der Waals surface area contributed by atoms with Gasteiger partial charge in [0.2, 0.25) is 5.91 Å². The molecule has 146 valence electrons. The van der Waals surface area contributed by atoms with Gasteiger partial charge in [-0.05, 0) is 31.9 Å². The Kier molecular flexibility index (Phi) is 5.38. The molecule has 0 aliphatic carbocycles. The van der Waals surface area contributed by atoms with E-state index in [0.717, 1.165) is 29.1 Å². The first-order valence-electron chi connectivity index (χ1n) is 9.55. The van der Waals surface area contributed by atoms with Gasteiger partial charge in [0, 0.05) is 61.3 Å². The van der Waals surface area contributed by atoms with E-state index in [1.807, 2.05) is 24.0 Å². The Balaban J connectivity index is 1.35. The maximum Gasteiger partial charge on any atom is 0.328 e. The lowest BCUT2D eigenvalue weighted by Crippen LogP contribution is -2.41. The molecule has 0 saturated carbocycles. The molecule has 4 rings (SSSR count). The van der Waals surface area contributed by atoms with E-state index in [-0.39, 0.29) is 18.1 Å². The van der Waals surface area contributed by atoms with Crippen LogP contribution in [0.2, 0.25) is 0 Å². The zero-order valence-electron chi connectivity index (χ0n) is 15.8. The average Bonchev–Trinajstić information content (AvgIpc) is 3.36. The summed E-state index contributed by atoms with van der Waals surface area (Å²) in [6.07, 6.45) is 8.77. The number of imidazole rings is 1. The number of piperidine rings is 1. The van der Waals surface area contributed by atoms with E-state index in [4.69, 9.17) is 4.98 Å². The molecule has 0 aromatic carbocycles. The zero-order chi connectivity index (χ0) is 19.5. The molecule has 4 heterocycles. The summed E-state index contributed by atoms with van der Waals surface area (Å²) in [4.78, 5) is 35.4. The van der Waals surface area contributed by atoms with Crippen LogP contribution in [-0.4, -0.2) is 43.0 Å². The number of aryl methyl sites for hydroxylation is 1. The molecule has 0 atom stereocenters. The van der Waals surface area contributed by atoms with Gasteiger partial charge in [-0.3, -0.25) is 18.9 Å². The van der Waals surface area contributed by atoms with Crippen LogP contribution in [0.25, 0.3) is 10.6 Å². The quantitative estimate of drug-likeness (QED) is 0.663. The average molecular weight is 398 g/mol. The molecule has 1 amide bonds. The maximum absolute atomic E-state index is 12.6. The summed E-state index contributed by atoms with van der Waals surface area (Å²) in [6.45, 7) is 4.04. The Labute approximate surface area is 167 Å². The number of thiazole rings is 1. The Hall–Kier alpha value is -2.74. The molecular formula is C20H23N5O2S. The molecular weight excluding hydrogens is 374 g/mol. The molecule has 1 aliphatic heterocycles. The van der Waals surface area contributed by atoms with Crippen LogP contribution >= 0.6 is 11.3 Å². The first kappa shape index (κ1) is 18.6. The Morgan fingerprint density at radius 3 is 2.57 bits per heavy atom. The second-order valence-corrected chi connectivity index (χ2v) is 7.82. The highest BCUT2D eigenvalue weighted by Gasteiger charge is 2.26. The lowest BCUT2D eigenvalue weighted by Gasteiger charge is -2.31. The van der Waals surface area contributed by atoms with Crippen LogP contribution in [0.5, 0.6) is 0 Å². The van der Waals surface area contributed by atoms with Crippen molar-refractivity contribution < 1.29 is 4.79 Å². The van der Waals surface area contributed by atoms with Crippen molar-refractivity contribution >= 4 is 17.2 Å². The second kappa shape index (κ2) is 8.10. The van der Waals surface area contributed by atoms with E-state index in [9.17, 15) is 9.59 Å². The number of pyridine rings is 1. The van der Waals surface area contributed by atoms with Gasteiger partial charge in [0.15, 0.2) is 0 Å². The van der Waals surface area contributed by atoms with E-state index in [2.05, 4.69) is 10.4 Å². The molecule has 3 aromatic heterocycles. The van der Waals surface area contributed by atoms with Crippen LogP contribution < -0.4 is 5.69 Å². The molecule has 0 N–H and O–H groups in total. The predicted octanol–water partition coefficient (Wildman–Crippen LogP) is 2.59. The van der Waals surface area contributed by atoms with Crippen molar-refractivity contribution in [2.75, 3.05) is 13.1 Å². The van der Waals surface area contributed by atoms with Crippen molar-refractivity contribution in [2.24, 2.45) is 0 Å². The third kappa shape index (κ3) is 3.77. The molecule has 7 nitrogen and oxygen atoms in total. The Bertz CT molecular complexity index is 999. The number of hydrogen-bond donors (Lipinski definition) is 0. The fourth-order valence-corrected chi connectivity index (χ4v) is 4.49. The van der Waals surface area contributed by atoms with Gasteiger partial charge in [-0.25, -0.2) is 9.78 Å². The first-order chi connectivity index (χ1) is 13.7. The summed E-state index contributed by atoms with van der Waals surface area (Å²) in [5, 5.41) is 3.14. The van der Waals surface area contributed by atoms with E-state index < -0.39 is 0 Å². The third-order valence-corrected chi connectivity index (χ3v) is 6.19. The van der Waals surface area contributed by atoms with Gasteiger partial charge in [-0.2, -0.15) is 0 Å². The number of carbonyl (C=O) groups is 1. The molecule has 0 radical (unpaired) electrons. The van der Waals surface area contributed by atoms with Crippen molar-refractivity contribution in [2.45, 2.75) is 38.8 Å². The Morgan fingerprint density at radius 1 is 1.18 bits per heavy atom. The molecule has 1 saturated heterocycles. The summed E-state index contributed by atoms with van der Waals surface area (Å²) in [6, 6.07) is 3.94. The number of nitrogens with zero attached hydrogens (tertiary/aromatic N) is 5. The zero-order valence-corrected chi connectivity index (χ0v) is 16.6. The van der Waals surface area contributed by atoms with Gasteiger partial charge in [0.05, 0.1) is 5.69 Å². The number of likely N-dealkylation sites (tertiary alicyclic amines) is 1. The topological polar surface area (TPSA) is 73.0 Å². The molecule has 0 bridgehead atoms. The minimum Gasteiger partial charge on any atom is -0.341 e.